The highest BCUT2D eigenvalue weighted by Crippen LogP contribution is 2.18. The van der Waals surface area contributed by atoms with Gasteiger partial charge in [0.05, 0.1) is 10.9 Å². The van der Waals surface area contributed by atoms with Crippen molar-refractivity contribution >= 4 is 27.3 Å². The van der Waals surface area contributed by atoms with Crippen LogP contribution in [0.1, 0.15) is 24.2 Å². The molecular weight excluding hydrogens is 338 g/mol. The average Bonchev–Trinajstić information content (AvgIpc) is 2.50. The predicted molar refractivity (Wildman–Crippen MR) is 88.4 cm³/mol. The topological polar surface area (TPSA) is 75.3 Å². The van der Waals surface area contributed by atoms with E-state index in [1.54, 1.807) is 13.8 Å². The fourth-order valence-electron chi connectivity index (χ4n) is 1.76. The van der Waals surface area contributed by atoms with Crippen molar-refractivity contribution in [3.05, 3.63) is 59.7 Å². The van der Waals surface area contributed by atoms with Gasteiger partial charge in [0.25, 0.3) is 5.91 Å². The Kier molecular flexibility index (Phi) is 5.18. The number of hydrogen-bond acceptors (Lipinski definition) is 3. The number of anilines is 2. The van der Waals surface area contributed by atoms with Crippen molar-refractivity contribution in [1.29, 1.82) is 0 Å². The van der Waals surface area contributed by atoms with Gasteiger partial charge in [-0.05, 0) is 50.2 Å². The van der Waals surface area contributed by atoms with Crippen LogP contribution in [0.4, 0.5) is 20.2 Å². The standard InChI is InChI=1S/C16H16F2N2O3S/c1-10(2)24(22,23)20-13-6-3-11(4-7-13)16(21)19-15-8-5-12(17)9-14(15)18/h3-10,20H,1-2H3,(H,19,21). The third-order valence-electron chi connectivity index (χ3n) is 3.21. The molecule has 0 saturated heterocycles. The fraction of sp³-hybridized carbons (Fsp3) is 0.188. The van der Waals surface area contributed by atoms with E-state index in [-0.39, 0.29) is 11.3 Å². The van der Waals surface area contributed by atoms with E-state index in [1.165, 1.54) is 24.3 Å². The quantitative estimate of drug-likeness (QED) is 0.864. The predicted octanol–water partition coefficient (Wildman–Crippen LogP) is 3.37. The van der Waals surface area contributed by atoms with Crippen LogP contribution in [0.3, 0.4) is 0 Å². The third kappa shape index (κ3) is 4.29. The van der Waals surface area contributed by atoms with E-state index in [9.17, 15) is 22.0 Å². The first-order valence-electron chi connectivity index (χ1n) is 7.07. The first-order valence-corrected chi connectivity index (χ1v) is 8.62. The van der Waals surface area contributed by atoms with Crippen LogP contribution in [0, 0.1) is 11.6 Å². The molecule has 0 radical (unpaired) electrons. The Labute approximate surface area is 138 Å². The largest absolute Gasteiger partial charge is 0.319 e. The Bertz CT molecular complexity index is 850. The molecule has 0 aromatic heterocycles. The number of carbonyl (C=O) groups excluding carboxylic acids is 1. The number of rotatable bonds is 5. The monoisotopic (exact) mass is 354 g/mol. The molecule has 5 nitrogen and oxygen atoms in total. The molecule has 128 valence electrons. The highest BCUT2D eigenvalue weighted by Gasteiger charge is 2.16. The van der Waals surface area contributed by atoms with Gasteiger partial charge in [0.15, 0.2) is 0 Å². The molecule has 2 rings (SSSR count). The molecule has 2 aromatic rings. The number of halogens is 2. The molecule has 2 N–H and O–H groups in total. The van der Waals surface area contributed by atoms with E-state index in [1.807, 2.05) is 0 Å². The normalized spacial score (nSPS) is 11.4. The van der Waals surface area contributed by atoms with Crippen LogP contribution < -0.4 is 10.0 Å². The summed E-state index contributed by atoms with van der Waals surface area (Å²) < 4.78 is 52.3. The number of nitrogens with one attached hydrogen (secondary N) is 2. The Morgan fingerprint density at radius 2 is 1.67 bits per heavy atom. The van der Waals surface area contributed by atoms with E-state index >= 15 is 0 Å². The van der Waals surface area contributed by atoms with Gasteiger partial charge in [-0.1, -0.05) is 0 Å². The molecule has 0 aliphatic heterocycles. The SMILES string of the molecule is CC(C)S(=O)(=O)Nc1ccc(C(=O)Nc2ccc(F)cc2F)cc1. The lowest BCUT2D eigenvalue weighted by Crippen LogP contribution is -2.22. The van der Waals surface area contributed by atoms with Crippen LogP contribution >= 0.6 is 0 Å². The summed E-state index contributed by atoms with van der Waals surface area (Å²) >= 11 is 0. The lowest BCUT2D eigenvalue weighted by atomic mass is 10.2. The smallest absolute Gasteiger partial charge is 0.255 e. The van der Waals surface area contributed by atoms with Crippen molar-refractivity contribution in [3.63, 3.8) is 0 Å². The van der Waals surface area contributed by atoms with Gasteiger partial charge >= 0.3 is 0 Å². The summed E-state index contributed by atoms with van der Waals surface area (Å²) in [4.78, 5) is 12.0. The summed E-state index contributed by atoms with van der Waals surface area (Å²) in [5.41, 5.74) is 0.366. The molecule has 1 amide bonds. The number of carbonyl (C=O) groups is 1. The fourth-order valence-corrected chi connectivity index (χ4v) is 2.46. The second kappa shape index (κ2) is 6.96. The molecular formula is C16H16F2N2O3S. The van der Waals surface area contributed by atoms with Crippen LogP contribution in [0.15, 0.2) is 42.5 Å². The summed E-state index contributed by atoms with van der Waals surface area (Å²) in [5, 5.41) is 1.72. The zero-order chi connectivity index (χ0) is 17.9. The number of hydrogen-bond donors (Lipinski definition) is 2. The minimum atomic E-state index is -3.48. The second-order valence-electron chi connectivity index (χ2n) is 5.35. The molecule has 8 heteroatoms. The second-order valence-corrected chi connectivity index (χ2v) is 7.59. The highest BCUT2D eigenvalue weighted by atomic mass is 32.2. The van der Waals surface area contributed by atoms with Crippen molar-refractivity contribution in [2.45, 2.75) is 19.1 Å². The lowest BCUT2D eigenvalue weighted by Gasteiger charge is -2.11. The molecule has 0 atom stereocenters. The molecule has 0 unspecified atom stereocenters. The van der Waals surface area contributed by atoms with Crippen LogP contribution in [0.5, 0.6) is 0 Å². The van der Waals surface area contributed by atoms with E-state index < -0.39 is 32.8 Å². The number of amides is 1. The van der Waals surface area contributed by atoms with Gasteiger partial charge in [-0.2, -0.15) is 0 Å². The minimum Gasteiger partial charge on any atom is -0.319 e. The first-order chi connectivity index (χ1) is 11.2. The molecule has 2 aromatic carbocycles. The first kappa shape index (κ1) is 17.9. The van der Waals surface area contributed by atoms with Gasteiger partial charge in [-0.25, -0.2) is 17.2 Å². The molecule has 0 saturated carbocycles. The lowest BCUT2D eigenvalue weighted by molar-refractivity contribution is 0.102. The maximum Gasteiger partial charge on any atom is 0.255 e. The van der Waals surface area contributed by atoms with E-state index in [2.05, 4.69) is 10.0 Å². The van der Waals surface area contributed by atoms with Gasteiger partial charge in [0.2, 0.25) is 10.0 Å². The maximum atomic E-state index is 13.5. The molecule has 0 heterocycles. The third-order valence-corrected chi connectivity index (χ3v) is 4.97. The van der Waals surface area contributed by atoms with E-state index in [4.69, 9.17) is 0 Å². The van der Waals surface area contributed by atoms with Gasteiger partial charge in [-0.3, -0.25) is 9.52 Å². The summed E-state index contributed by atoms with van der Waals surface area (Å²) in [6.45, 7) is 3.09. The summed E-state index contributed by atoms with van der Waals surface area (Å²) in [7, 11) is -3.48. The molecule has 0 fully saturated rings. The van der Waals surface area contributed by atoms with Crippen molar-refractivity contribution < 1.29 is 22.0 Å². The van der Waals surface area contributed by atoms with E-state index in [0.29, 0.717) is 11.8 Å². The summed E-state index contributed by atoms with van der Waals surface area (Å²) in [6.07, 6.45) is 0. The van der Waals surface area contributed by atoms with Crippen molar-refractivity contribution in [3.8, 4) is 0 Å². The zero-order valence-electron chi connectivity index (χ0n) is 13.0. The van der Waals surface area contributed by atoms with Crippen molar-refractivity contribution in [2.24, 2.45) is 0 Å². The van der Waals surface area contributed by atoms with Crippen LogP contribution in [0.2, 0.25) is 0 Å². The minimum absolute atomic E-state index is 0.147. The molecule has 24 heavy (non-hydrogen) atoms. The average molecular weight is 354 g/mol. The summed E-state index contributed by atoms with van der Waals surface area (Å²) in [5.74, 6) is -2.23. The number of benzene rings is 2. The van der Waals surface area contributed by atoms with Crippen molar-refractivity contribution in [2.75, 3.05) is 10.0 Å². The number of sulfonamides is 1. The van der Waals surface area contributed by atoms with Crippen LogP contribution in [0.25, 0.3) is 0 Å². The Morgan fingerprint density at radius 3 is 2.21 bits per heavy atom. The highest BCUT2D eigenvalue weighted by molar-refractivity contribution is 7.93. The van der Waals surface area contributed by atoms with Gasteiger partial charge < -0.3 is 5.32 Å². The Morgan fingerprint density at radius 1 is 1.04 bits per heavy atom. The zero-order valence-corrected chi connectivity index (χ0v) is 13.8. The van der Waals surface area contributed by atoms with Gasteiger partial charge in [0.1, 0.15) is 11.6 Å². The summed E-state index contributed by atoms with van der Waals surface area (Å²) in [6, 6.07) is 8.46. The molecule has 0 aliphatic rings. The van der Waals surface area contributed by atoms with Gasteiger partial charge in [-0.15, -0.1) is 0 Å². The Hall–Kier alpha value is -2.48. The molecule has 0 spiro atoms. The van der Waals surface area contributed by atoms with Crippen LogP contribution in [-0.2, 0) is 10.0 Å². The maximum absolute atomic E-state index is 13.5. The molecule has 0 aliphatic carbocycles. The van der Waals surface area contributed by atoms with E-state index in [0.717, 1.165) is 12.1 Å². The van der Waals surface area contributed by atoms with Gasteiger partial charge in [0, 0.05) is 17.3 Å². The van der Waals surface area contributed by atoms with Crippen molar-refractivity contribution in [1.82, 2.24) is 0 Å². The molecule has 0 bridgehead atoms. The Balaban J connectivity index is 2.11. The van der Waals surface area contributed by atoms with Crippen LogP contribution in [-0.4, -0.2) is 19.6 Å².